The van der Waals surface area contributed by atoms with Crippen molar-refractivity contribution in [3.05, 3.63) is 0 Å². The van der Waals surface area contributed by atoms with Gasteiger partial charge in [-0.25, -0.2) is 0 Å². The van der Waals surface area contributed by atoms with E-state index in [0.29, 0.717) is 0 Å². The molecule has 49 heavy (non-hydrogen) atoms. The molecule has 1 fully saturated rings. The molecule has 0 aromatic heterocycles. The van der Waals surface area contributed by atoms with E-state index in [1.165, 1.54) is 20.8 Å². The normalized spacial score (nSPS) is 22.4. The fraction of sp³-hybridized carbons (Fsp3) is 0.778. The smallest absolute Gasteiger partial charge is 0.243 e. The Balaban J connectivity index is 0.0000230. The van der Waals surface area contributed by atoms with Crippen LogP contribution in [0.15, 0.2) is 0 Å². The molecule has 0 spiro atoms. The summed E-state index contributed by atoms with van der Waals surface area (Å²) in [5.74, 6) is -4.61. The predicted molar refractivity (Wildman–Crippen MR) is 167 cm³/mol. The fourth-order valence-electron chi connectivity index (χ4n) is 4.32. The first-order chi connectivity index (χ1) is 22.5. The van der Waals surface area contributed by atoms with Crippen LogP contribution < -0.4 is 31.9 Å². The van der Waals surface area contributed by atoms with Crippen molar-refractivity contribution < 1.29 is 76.8 Å². The Kier molecular flexibility index (Phi) is 22.7. The monoisotopic (exact) mass is 752 g/mol. The van der Waals surface area contributed by atoms with Crippen molar-refractivity contribution in [2.75, 3.05) is 39.3 Å². The quantitative estimate of drug-likeness (QED) is 0.0328. The SMILES string of the molecule is CC([OH2+])N(O)CCCC1NC(=O)CNC(=O)CNC(=O)CNC(=O)C(CCCN(O)C(C)[OH2+])NC(=O)C(CCCN(O)C(C)[OH2+])NC1=O.[Fe]. The molecular formula is C27H54FeN9O12+3. The molecule has 22 heteroatoms. The first-order valence-corrected chi connectivity index (χ1v) is 15.7. The molecular weight excluding hydrogens is 698 g/mol. The van der Waals surface area contributed by atoms with E-state index in [1.807, 2.05) is 0 Å². The van der Waals surface area contributed by atoms with Crippen LogP contribution >= 0.6 is 0 Å². The minimum Gasteiger partial charge on any atom is -0.430 e. The van der Waals surface area contributed by atoms with Gasteiger partial charge < -0.3 is 62.8 Å². The van der Waals surface area contributed by atoms with Gasteiger partial charge in [-0.15, -0.1) is 15.2 Å². The maximum atomic E-state index is 13.6. The van der Waals surface area contributed by atoms with Crippen molar-refractivity contribution in [1.82, 2.24) is 47.1 Å². The molecule has 6 amide bonds. The van der Waals surface area contributed by atoms with Crippen molar-refractivity contribution in [2.24, 2.45) is 0 Å². The van der Waals surface area contributed by atoms with Crippen LogP contribution in [0, 0.1) is 0 Å². The van der Waals surface area contributed by atoms with Gasteiger partial charge in [0.25, 0.3) is 0 Å². The van der Waals surface area contributed by atoms with E-state index in [-0.39, 0.29) is 75.2 Å². The zero-order valence-electron chi connectivity index (χ0n) is 27.9. The Hall–Kier alpha value is -3.02. The van der Waals surface area contributed by atoms with Gasteiger partial charge in [-0.2, -0.15) is 0 Å². The average molecular weight is 753 g/mol. The van der Waals surface area contributed by atoms with Crippen LogP contribution in [0.2, 0.25) is 0 Å². The van der Waals surface area contributed by atoms with E-state index in [4.69, 9.17) is 15.3 Å². The van der Waals surface area contributed by atoms with Crippen molar-refractivity contribution >= 4 is 35.4 Å². The number of carbonyl (C=O) groups is 6. The van der Waals surface area contributed by atoms with Crippen molar-refractivity contribution in [3.63, 3.8) is 0 Å². The molecule has 0 aromatic carbocycles. The Morgan fingerprint density at radius 3 is 1.22 bits per heavy atom. The molecule has 284 valence electrons. The van der Waals surface area contributed by atoms with Crippen LogP contribution in [0.25, 0.3) is 0 Å². The van der Waals surface area contributed by atoms with Crippen LogP contribution in [-0.4, -0.2) is 158 Å². The van der Waals surface area contributed by atoms with Crippen LogP contribution in [0.3, 0.4) is 0 Å². The van der Waals surface area contributed by atoms with Crippen molar-refractivity contribution in [3.8, 4) is 0 Å². The van der Waals surface area contributed by atoms with Gasteiger partial charge in [0, 0.05) is 57.5 Å². The second-order valence-corrected chi connectivity index (χ2v) is 11.5. The Labute approximate surface area is 294 Å². The first-order valence-electron chi connectivity index (χ1n) is 15.7. The van der Waals surface area contributed by atoms with Gasteiger partial charge >= 0.3 is 0 Å². The molecule has 1 rings (SSSR count). The summed E-state index contributed by atoms with van der Waals surface area (Å²) in [6.45, 7) is 2.55. The summed E-state index contributed by atoms with van der Waals surface area (Å²) < 4.78 is 0. The minimum atomic E-state index is -1.31. The molecule has 0 saturated carbocycles. The fourth-order valence-corrected chi connectivity index (χ4v) is 4.32. The number of nitrogens with one attached hydrogen (secondary N) is 6. The molecule has 0 radical (unpaired) electrons. The molecule has 1 heterocycles. The molecule has 0 aromatic rings. The average Bonchev–Trinajstić information content (AvgIpc) is 3.02. The van der Waals surface area contributed by atoms with E-state index in [0.717, 1.165) is 15.2 Å². The molecule has 0 aliphatic carbocycles. The van der Waals surface area contributed by atoms with E-state index in [1.54, 1.807) is 0 Å². The summed E-state index contributed by atoms with van der Waals surface area (Å²) in [6.07, 6.45) is -2.67. The zero-order chi connectivity index (χ0) is 36.4. The third-order valence-electron chi connectivity index (χ3n) is 7.21. The predicted octanol–water partition coefficient (Wildman–Crippen LogP) is -5.57. The van der Waals surface area contributed by atoms with Gasteiger partial charge in [0.2, 0.25) is 54.1 Å². The molecule has 0 bridgehead atoms. The van der Waals surface area contributed by atoms with Crippen LogP contribution in [0.5, 0.6) is 0 Å². The van der Waals surface area contributed by atoms with E-state index >= 15 is 0 Å². The number of hydrogen-bond acceptors (Lipinski definition) is 12. The summed E-state index contributed by atoms with van der Waals surface area (Å²) in [5.41, 5.74) is 0. The van der Waals surface area contributed by atoms with Gasteiger partial charge in [0.05, 0.1) is 19.6 Å². The summed E-state index contributed by atoms with van der Waals surface area (Å²) in [7, 11) is 0. The number of nitrogens with zero attached hydrogens (tertiary/aromatic N) is 3. The summed E-state index contributed by atoms with van der Waals surface area (Å²) in [6, 6.07) is -3.84. The minimum absolute atomic E-state index is 0. The summed E-state index contributed by atoms with van der Waals surface area (Å²) in [5, 5.41) is 69.2. The van der Waals surface area contributed by atoms with Gasteiger partial charge in [-0.3, -0.25) is 28.8 Å². The maximum Gasteiger partial charge on any atom is 0.243 e. The third-order valence-corrected chi connectivity index (χ3v) is 7.21. The summed E-state index contributed by atoms with van der Waals surface area (Å²) >= 11 is 0. The van der Waals surface area contributed by atoms with Gasteiger partial charge in [0.1, 0.15) is 18.1 Å². The summed E-state index contributed by atoms with van der Waals surface area (Å²) in [4.78, 5) is 77.3. The van der Waals surface area contributed by atoms with Crippen LogP contribution in [0.1, 0.15) is 59.3 Å². The van der Waals surface area contributed by atoms with E-state index in [9.17, 15) is 44.4 Å². The van der Waals surface area contributed by atoms with E-state index < -0.39 is 91.9 Å². The van der Waals surface area contributed by atoms with E-state index in [2.05, 4.69) is 31.9 Å². The Bertz CT molecular complexity index is 1050. The Morgan fingerprint density at radius 2 is 0.857 bits per heavy atom. The van der Waals surface area contributed by atoms with Crippen LogP contribution in [-0.2, 0) is 45.8 Å². The van der Waals surface area contributed by atoms with Crippen molar-refractivity contribution in [1.29, 1.82) is 0 Å². The van der Waals surface area contributed by atoms with Gasteiger partial charge in [-0.05, 0) is 38.5 Å². The molecule has 21 nitrogen and oxygen atoms in total. The van der Waals surface area contributed by atoms with Gasteiger partial charge in [0.15, 0.2) is 0 Å². The van der Waals surface area contributed by atoms with Gasteiger partial charge in [-0.1, -0.05) is 0 Å². The molecule has 1 saturated heterocycles. The third kappa shape index (κ3) is 19.1. The Morgan fingerprint density at radius 1 is 0.551 bits per heavy atom. The number of hydroxylamine groups is 6. The number of carbonyl (C=O) groups excluding carboxylic acids is 6. The molecule has 1 aliphatic rings. The molecule has 1 aliphatic heterocycles. The number of rotatable bonds is 15. The zero-order valence-corrected chi connectivity index (χ0v) is 29.0. The number of hydrogen-bond donors (Lipinski definition) is 9. The van der Waals surface area contributed by atoms with Crippen LogP contribution in [0.4, 0.5) is 0 Å². The maximum absolute atomic E-state index is 13.6. The second kappa shape index (κ2) is 24.2. The molecule has 15 N–H and O–H groups in total. The standard InChI is InChI=1S/C27H51N9O12.Fe/c1-16(37)34(46)10-4-7-19-25(43)30-14-23(41)28-13-22(40)29-15-24(42)31-20(8-5-11-35(47)17(2)38)26(44)33-21(27(45)32-19)9-6-12-36(48)18(3)39;/h16-21,37-39,46-48H,4-15H2,1-3H3,(H,28,41)(H,29,40)(H,30,43)(H,31,42)(H,32,45)(H,33,44);/p+3. The number of amides is 6. The van der Waals surface area contributed by atoms with Crippen molar-refractivity contribution in [2.45, 2.75) is 96.1 Å². The largest absolute Gasteiger partial charge is 0.430 e. The molecule has 6 atom stereocenters. The first kappa shape index (κ1) is 46.0. The second-order valence-electron chi connectivity index (χ2n) is 11.5. The topological polar surface area (TPSA) is 314 Å². The molecule has 6 unspecified atom stereocenters.